The number of aliphatic hydroxyl groups excluding tert-OH is 1. The number of nitrogens with one attached hydrogen (secondary N) is 1. The van der Waals surface area contributed by atoms with Gasteiger partial charge in [0, 0.05) is 6.04 Å². The van der Waals surface area contributed by atoms with Gasteiger partial charge in [-0.25, -0.2) is 0 Å². The second-order valence-electron chi connectivity index (χ2n) is 3.18. The first-order chi connectivity index (χ1) is 4.39. The number of hydrogen-bond donors (Lipinski definition) is 3. The standard InChI is InChI=1S/C7H17NO2/c1-5(8-4)6(9)7(2,3)10/h5-6,8-10H,1-4H3. The van der Waals surface area contributed by atoms with E-state index in [4.69, 9.17) is 0 Å². The van der Waals surface area contributed by atoms with E-state index < -0.39 is 11.7 Å². The van der Waals surface area contributed by atoms with Crippen LogP contribution in [-0.2, 0) is 0 Å². The number of rotatable bonds is 3. The molecule has 0 aromatic rings. The molecule has 3 nitrogen and oxygen atoms in total. The van der Waals surface area contributed by atoms with Crippen molar-refractivity contribution in [3.8, 4) is 0 Å². The van der Waals surface area contributed by atoms with Gasteiger partial charge in [-0.3, -0.25) is 0 Å². The molecule has 0 spiro atoms. The molecule has 0 rings (SSSR count). The van der Waals surface area contributed by atoms with Crippen LogP contribution in [0.5, 0.6) is 0 Å². The third kappa shape index (κ3) is 2.64. The van der Waals surface area contributed by atoms with E-state index >= 15 is 0 Å². The van der Waals surface area contributed by atoms with Crippen LogP contribution in [0.3, 0.4) is 0 Å². The summed E-state index contributed by atoms with van der Waals surface area (Å²) in [6.07, 6.45) is -0.725. The van der Waals surface area contributed by atoms with Crippen molar-refractivity contribution in [2.24, 2.45) is 0 Å². The van der Waals surface area contributed by atoms with Crippen LogP contribution in [0.15, 0.2) is 0 Å². The second-order valence-corrected chi connectivity index (χ2v) is 3.18. The molecule has 0 amide bonds. The zero-order chi connectivity index (χ0) is 8.36. The zero-order valence-electron chi connectivity index (χ0n) is 7.05. The minimum Gasteiger partial charge on any atom is -0.389 e. The minimum absolute atomic E-state index is 0.0833. The van der Waals surface area contributed by atoms with Crippen molar-refractivity contribution in [2.75, 3.05) is 7.05 Å². The van der Waals surface area contributed by atoms with Crippen LogP contribution in [0.25, 0.3) is 0 Å². The van der Waals surface area contributed by atoms with Crippen molar-refractivity contribution in [1.29, 1.82) is 0 Å². The van der Waals surface area contributed by atoms with Crippen molar-refractivity contribution in [3.05, 3.63) is 0 Å². The summed E-state index contributed by atoms with van der Waals surface area (Å²) in [5.41, 5.74) is -1.03. The van der Waals surface area contributed by atoms with Gasteiger partial charge >= 0.3 is 0 Å². The summed E-state index contributed by atoms with van der Waals surface area (Å²) >= 11 is 0. The molecular weight excluding hydrogens is 130 g/mol. The van der Waals surface area contributed by atoms with E-state index in [2.05, 4.69) is 5.32 Å². The molecule has 0 fully saturated rings. The summed E-state index contributed by atoms with van der Waals surface area (Å²) in [5, 5.41) is 21.5. The molecule has 62 valence electrons. The molecule has 0 saturated heterocycles. The molecule has 0 aromatic carbocycles. The van der Waals surface area contributed by atoms with Gasteiger partial charge in [0.1, 0.15) is 0 Å². The molecule has 0 aromatic heterocycles. The van der Waals surface area contributed by atoms with E-state index in [0.29, 0.717) is 0 Å². The van der Waals surface area contributed by atoms with Crippen LogP contribution >= 0.6 is 0 Å². The Morgan fingerprint density at radius 1 is 1.40 bits per heavy atom. The number of likely N-dealkylation sites (N-methyl/N-ethyl adjacent to an activating group) is 1. The summed E-state index contributed by atoms with van der Waals surface area (Å²) in [7, 11) is 1.75. The fourth-order valence-corrected chi connectivity index (χ4v) is 0.770. The molecule has 0 heterocycles. The Hall–Kier alpha value is -0.120. The highest BCUT2D eigenvalue weighted by Gasteiger charge is 2.28. The summed E-state index contributed by atoms with van der Waals surface area (Å²) in [4.78, 5) is 0. The fourth-order valence-electron chi connectivity index (χ4n) is 0.770. The highest BCUT2D eigenvalue weighted by Crippen LogP contribution is 2.10. The summed E-state index contributed by atoms with van der Waals surface area (Å²) < 4.78 is 0. The third-order valence-electron chi connectivity index (χ3n) is 1.65. The predicted molar refractivity (Wildman–Crippen MR) is 40.8 cm³/mol. The fraction of sp³-hybridized carbons (Fsp3) is 1.00. The molecule has 3 heteroatoms. The predicted octanol–water partition coefficient (Wildman–Crippen LogP) is -0.274. The van der Waals surface area contributed by atoms with Gasteiger partial charge in [-0.2, -0.15) is 0 Å². The van der Waals surface area contributed by atoms with Crippen molar-refractivity contribution in [3.63, 3.8) is 0 Å². The lowest BCUT2D eigenvalue weighted by Crippen LogP contribution is -2.48. The van der Waals surface area contributed by atoms with Crippen LogP contribution in [0, 0.1) is 0 Å². The highest BCUT2D eigenvalue weighted by atomic mass is 16.3. The maximum Gasteiger partial charge on any atom is 0.0971 e. The number of aliphatic hydroxyl groups is 2. The van der Waals surface area contributed by atoms with Crippen molar-refractivity contribution in [1.82, 2.24) is 5.32 Å². The first kappa shape index (κ1) is 9.88. The van der Waals surface area contributed by atoms with Gasteiger partial charge in [-0.15, -0.1) is 0 Å². The van der Waals surface area contributed by atoms with Crippen molar-refractivity contribution >= 4 is 0 Å². The van der Waals surface area contributed by atoms with E-state index in [1.54, 1.807) is 20.9 Å². The lowest BCUT2D eigenvalue weighted by molar-refractivity contribution is -0.0612. The molecule has 3 N–H and O–H groups in total. The van der Waals surface area contributed by atoms with Crippen LogP contribution in [0.2, 0.25) is 0 Å². The third-order valence-corrected chi connectivity index (χ3v) is 1.65. The molecule has 0 aliphatic carbocycles. The maximum absolute atomic E-state index is 9.34. The van der Waals surface area contributed by atoms with Gasteiger partial charge in [0.05, 0.1) is 11.7 Å². The average molecular weight is 147 g/mol. The molecular formula is C7H17NO2. The highest BCUT2D eigenvalue weighted by molar-refractivity contribution is 4.83. The Morgan fingerprint density at radius 3 is 1.90 bits per heavy atom. The van der Waals surface area contributed by atoms with Gasteiger partial charge in [0.15, 0.2) is 0 Å². The van der Waals surface area contributed by atoms with Gasteiger partial charge in [0.25, 0.3) is 0 Å². The van der Waals surface area contributed by atoms with E-state index in [9.17, 15) is 10.2 Å². The molecule has 0 radical (unpaired) electrons. The van der Waals surface area contributed by atoms with Gasteiger partial charge in [-0.1, -0.05) is 0 Å². The SMILES string of the molecule is CNC(C)C(O)C(C)(C)O. The molecule has 10 heavy (non-hydrogen) atoms. The summed E-state index contributed by atoms with van der Waals surface area (Å²) in [5.74, 6) is 0. The Labute approximate surface area is 62.1 Å². The molecule has 2 atom stereocenters. The lowest BCUT2D eigenvalue weighted by atomic mass is 9.96. The van der Waals surface area contributed by atoms with E-state index in [0.717, 1.165) is 0 Å². The van der Waals surface area contributed by atoms with E-state index in [1.165, 1.54) is 0 Å². The normalized spacial score (nSPS) is 18.6. The van der Waals surface area contributed by atoms with E-state index in [1.807, 2.05) is 6.92 Å². The maximum atomic E-state index is 9.34. The monoisotopic (exact) mass is 147 g/mol. The lowest BCUT2D eigenvalue weighted by Gasteiger charge is -2.29. The second kappa shape index (κ2) is 3.32. The van der Waals surface area contributed by atoms with Gasteiger partial charge in [-0.05, 0) is 27.8 Å². The Balaban J connectivity index is 3.94. The molecule has 0 bridgehead atoms. The Kier molecular flexibility index (Phi) is 3.28. The topological polar surface area (TPSA) is 52.5 Å². The van der Waals surface area contributed by atoms with Crippen LogP contribution < -0.4 is 5.32 Å². The van der Waals surface area contributed by atoms with Crippen LogP contribution in [-0.4, -0.2) is 35.0 Å². The summed E-state index contributed by atoms with van der Waals surface area (Å²) in [6.45, 7) is 5.00. The molecule has 0 saturated carbocycles. The first-order valence-electron chi connectivity index (χ1n) is 3.47. The van der Waals surface area contributed by atoms with Gasteiger partial charge in [0.2, 0.25) is 0 Å². The van der Waals surface area contributed by atoms with Crippen LogP contribution in [0.4, 0.5) is 0 Å². The Morgan fingerprint density at radius 2 is 1.80 bits per heavy atom. The molecule has 0 aliphatic rings. The summed E-state index contributed by atoms with van der Waals surface area (Å²) in [6, 6.07) is -0.0833. The molecule has 2 unspecified atom stereocenters. The number of hydrogen-bond acceptors (Lipinski definition) is 3. The Bertz CT molecular complexity index is 98.3. The largest absolute Gasteiger partial charge is 0.389 e. The van der Waals surface area contributed by atoms with Crippen molar-refractivity contribution < 1.29 is 10.2 Å². The quantitative estimate of drug-likeness (QED) is 0.515. The first-order valence-corrected chi connectivity index (χ1v) is 3.47. The van der Waals surface area contributed by atoms with Gasteiger partial charge < -0.3 is 15.5 Å². The minimum atomic E-state index is -1.03. The zero-order valence-corrected chi connectivity index (χ0v) is 7.05. The average Bonchev–Trinajstić information content (AvgIpc) is 1.83. The van der Waals surface area contributed by atoms with Crippen molar-refractivity contribution in [2.45, 2.75) is 38.5 Å². The van der Waals surface area contributed by atoms with E-state index in [-0.39, 0.29) is 6.04 Å². The van der Waals surface area contributed by atoms with Crippen LogP contribution in [0.1, 0.15) is 20.8 Å². The molecule has 0 aliphatic heterocycles. The smallest absolute Gasteiger partial charge is 0.0971 e.